The van der Waals surface area contributed by atoms with E-state index < -0.39 is 0 Å². The second kappa shape index (κ2) is 4.56. The molecule has 1 aliphatic heterocycles. The van der Waals surface area contributed by atoms with Gasteiger partial charge < -0.3 is 9.47 Å². The fourth-order valence-electron chi connectivity index (χ4n) is 1.57. The average molecular weight is 222 g/mol. The Balaban J connectivity index is 2.28. The van der Waals surface area contributed by atoms with Gasteiger partial charge in [0.05, 0.1) is 4.88 Å². The van der Waals surface area contributed by atoms with Crippen molar-refractivity contribution in [3.63, 3.8) is 0 Å². The van der Waals surface area contributed by atoms with E-state index in [2.05, 4.69) is 12.7 Å². The third-order valence-corrected chi connectivity index (χ3v) is 3.29. The van der Waals surface area contributed by atoms with Crippen molar-refractivity contribution in [2.45, 2.75) is 20.3 Å². The van der Waals surface area contributed by atoms with Crippen molar-refractivity contribution in [1.82, 2.24) is 0 Å². The van der Waals surface area contributed by atoms with E-state index in [1.807, 2.05) is 19.1 Å². The van der Waals surface area contributed by atoms with E-state index in [0.717, 1.165) is 17.9 Å². The maximum absolute atomic E-state index is 5.63. The highest BCUT2D eigenvalue weighted by Gasteiger charge is 2.21. The molecular weight excluding hydrogens is 208 g/mol. The Morgan fingerprint density at radius 3 is 2.80 bits per heavy atom. The molecule has 2 nitrogen and oxygen atoms in total. The number of allylic oxidation sites excluding steroid dienone is 1. The van der Waals surface area contributed by atoms with E-state index in [1.54, 1.807) is 11.3 Å². The van der Waals surface area contributed by atoms with Gasteiger partial charge >= 0.3 is 0 Å². The minimum Gasteiger partial charge on any atom is -0.485 e. The largest absolute Gasteiger partial charge is 0.485 e. The summed E-state index contributed by atoms with van der Waals surface area (Å²) in [5.41, 5.74) is 3.07. The second-order valence-electron chi connectivity index (χ2n) is 3.30. The number of hydrogen-bond acceptors (Lipinski definition) is 3. The van der Waals surface area contributed by atoms with Crippen molar-refractivity contribution in [2.75, 3.05) is 13.2 Å². The highest BCUT2D eigenvalue weighted by molar-refractivity contribution is 7.12. The lowest BCUT2D eigenvalue weighted by atomic mass is 10.3. The standard InChI is InChI=1S/C12H14O2S/c1-3-4-5-6-10-12-11(9(2)15-10)13-7-8-14-12/h3,5H,6-8H2,1-2H3. The Kier molecular flexibility index (Phi) is 3.14. The van der Waals surface area contributed by atoms with Gasteiger partial charge in [-0.05, 0) is 26.0 Å². The van der Waals surface area contributed by atoms with Gasteiger partial charge in [-0.3, -0.25) is 0 Å². The summed E-state index contributed by atoms with van der Waals surface area (Å²) >= 11 is 1.75. The molecule has 0 atom stereocenters. The van der Waals surface area contributed by atoms with Crippen molar-refractivity contribution in [3.8, 4) is 11.5 Å². The molecule has 80 valence electrons. The van der Waals surface area contributed by atoms with Crippen molar-refractivity contribution in [3.05, 3.63) is 27.6 Å². The molecule has 0 spiro atoms. The van der Waals surface area contributed by atoms with Gasteiger partial charge in [0, 0.05) is 11.3 Å². The number of aryl methyl sites for hydroxylation is 1. The van der Waals surface area contributed by atoms with Crippen molar-refractivity contribution in [2.24, 2.45) is 0 Å². The molecule has 0 radical (unpaired) electrons. The van der Waals surface area contributed by atoms with Gasteiger partial charge in [-0.25, -0.2) is 0 Å². The van der Waals surface area contributed by atoms with Crippen LogP contribution in [0.3, 0.4) is 0 Å². The van der Waals surface area contributed by atoms with Gasteiger partial charge in [0.2, 0.25) is 0 Å². The minimum atomic E-state index is 0.656. The van der Waals surface area contributed by atoms with Crippen LogP contribution in [0.15, 0.2) is 17.9 Å². The van der Waals surface area contributed by atoms with Crippen LogP contribution in [-0.2, 0) is 6.42 Å². The van der Waals surface area contributed by atoms with Crippen LogP contribution in [0.5, 0.6) is 11.5 Å². The summed E-state index contributed by atoms with van der Waals surface area (Å²) in [4.78, 5) is 2.44. The van der Waals surface area contributed by atoms with Gasteiger partial charge in [-0.2, -0.15) is 0 Å². The zero-order valence-corrected chi connectivity index (χ0v) is 9.82. The van der Waals surface area contributed by atoms with E-state index in [9.17, 15) is 0 Å². The lowest BCUT2D eigenvalue weighted by molar-refractivity contribution is 0.171. The Bertz CT molecular complexity index is 412. The average Bonchev–Trinajstić information content (AvgIpc) is 2.58. The Morgan fingerprint density at radius 1 is 1.33 bits per heavy atom. The summed E-state index contributed by atoms with van der Waals surface area (Å²) in [7, 11) is 0. The first-order chi connectivity index (χ1) is 7.33. The summed E-state index contributed by atoms with van der Waals surface area (Å²) < 4.78 is 11.2. The number of fused-ring (bicyclic) bond motifs is 1. The number of thiophene rings is 1. The molecule has 0 amide bonds. The summed E-state index contributed by atoms with van der Waals surface area (Å²) in [5, 5.41) is 0. The summed E-state index contributed by atoms with van der Waals surface area (Å²) in [6, 6.07) is 0. The van der Waals surface area contributed by atoms with Crippen LogP contribution >= 0.6 is 11.3 Å². The number of ether oxygens (including phenoxy) is 2. The number of hydrogen-bond donors (Lipinski definition) is 0. The first-order valence-corrected chi connectivity index (χ1v) is 5.88. The normalized spacial score (nSPS) is 13.2. The predicted molar refractivity (Wildman–Crippen MR) is 62.1 cm³/mol. The molecule has 0 unspecified atom stereocenters. The summed E-state index contributed by atoms with van der Waals surface area (Å²) in [6.07, 6.45) is 4.79. The molecule has 15 heavy (non-hydrogen) atoms. The molecule has 1 aromatic rings. The smallest absolute Gasteiger partial charge is 0.175 e. The lowest BCUT2D eigenvalue weighted by Crippen LogP contribution is -2.15. The summed E-state index contributed by atoms with van der Waals surface area (Å²) in [5.74, 6) is 1.88. The quantitative estimate of drug-likeness (QED) is 0.716. The second-order valence-corrected chi connectivity index (χ2v) is 4.61. The predicted octanol–water partition coefficient (Wildman–Crippen LogP) is 3.10. The van der Waals surface area contributed by atoms with Crippen molar-refractivity contribution < 1.29 is 9.47 Å². The molecule has 0 bridgehead atoms. The maximum Gasteiger partial charge on any atom is 0.175 e. The molecule has 2 heterocycles. The molecular formula is C12H14O2S. The van der Waals surface area contributed by atoms with Gasteiger partial charge in [-0.1, -0.05) is 0 Å². The van der Waals surface area contributed by atoms with Crippen molar-refractivity contribution >= 4 is 11.3 Å². The fraction of sp³-hybridized carbons (Fsp3) is 0.417. The van der Waals surface area contributed by atoms with Crippen molar-refractivity contribution in [1.29, 1.82) is 0 Å². The topological polar surface area (TPSA) is 18.5 Å². The number of rotatable bonds is 2. The van der Waals surface area contributed by atoms with E-state index in [4.69, 9.17) is 9.47 Å². The molecule has 0 fully saturated rings. The van der Waals surface area contributed by atoms with Gasteiger partial charge in [0.1, 0.15) is 13.2 Å². The van der Waals surface area contributed by atoms with Gasteiger partial charge in [-0.15, -0.1) is 17.1 Å². The SMILES string of the molecule is CC=C=CCc1sc(C)c2c1OCCO2. The van der Waals surface area contributed by atoms with Crippen LogP contribution in [0, 0.1) is 6.92 Å². The van der Waals surface area contributed by atoms with Crippen LogP contribution in [0.2, 0.25) is 0 Å². The monoisotopic (exact) mass is 222 g/mol. The lowest BCUT2D eigenvalue weighted by Gasteiger charge is -2.16. The Morgan fingerprint density at radius 2 is 2.07 bits per heavy atom. The van der Waals surface area contributed by atoms with Crippen LogP contribution in [-0.4, -0.2) is 13.2 Å². The molecule has 0 N–H and O–H groups in total. The van der Waals surface area contributed by atoms with Gasteiger partial charge in [0.25, 0.3) is 0 Å². The zero-order valence-electron chi connectivity index (χ0n) is 9.00. The molecule has 0 saturated carbocycles. The third-order valence-electron chi connectivity index (χ3n) is 2.20. The Hall–Kier alpha value is -1.18. The summed E-state index contributed by atoms with van der Waals surface area (Å²) in [6.45, 7) is 5.35. The minimum absolute atomic E-state index is 0.656. The molecule has 3 heteroatoms. The molecule has 2 rings (SSSR count). The molecule has 1 aromatic heterocycles. The highest BCUT2D eigenvalue weighted by Crippen LogP contribution is 2.43. The van der Waals surface area contributed by atoms with Crippen LogP contribution in [0.1, 0.15) is 16.7 Å². The van der Waals surface area contributed by atoms with Crippen LogP contribution in [0.25, 0.3) is 0 Å². The van der Waals surface area contributed by atoms with E-state index in [0.29, 0.717) is 13.2 Å². The van der Waals surface area contributed by atoms with Gasteiger partial charge in [0.15, 0.2) is 11.5 Å². The van der Waals surface area contributed by atoms with Crippen LogP contribution in [0.4, 0.5) is 0 Å². The first-order valence-electron chi connectivity index (χ1n) is 5.06. The van der Waals surface area contributed by atoms with E-state index in [-0.39, 0.29) is 0 Å². The molecule has 0 aromatic carbocycles. The Labute approximate surface area is 93.8 Å². The molecule has 1 aliphatic rings. The maximum atomic E-state index is 5.63. The van der Waals surface area contributed by atoms with Crippen LogP contribution < -0.4 is 9.47 Å². The molecule has 0 aliphatic carbocycles. The first kappa shape index (κ1) is 10.3. The van der Waals surface area contributed by atoms with E-state index in [1.165, 1.54) is 9.75 Å². The van der Waals surface area contributed by atoms with E-state index >= 15 is 0 Å². The highest BCUT2D eigenvalue weighted by atomic mass is 32.1. The molecule has 0 saturated heterocycles. The fourth-order valence-corrected chi connectivity index (χ4v) is 2.59. The third kappa shape index (κ3) is 2.09. The zero-order chi connectivity index (χ0) is 10.7.